The van der Waals surface area contributed by atoms with Crippen molar-refractivity contribution < 1.29 is 8.78 Å². The summed E-state index contributed by atoms with van der Waals surface area (Å²) in [5.41, 5.74) is 5.10. The van der Waals surface area contributed by atoms with E-state index in [1.54, 1.807) is 0 Å². The maximum atomic E-state index is 13.5. The van der Waals surface area contributed by atoms with Crippen LogP contribution >= 0.6 is 0 Å². The quantitative estimate of drug-likeness (QED) is 0.777. The van der Waals surface area contributed by atoms with E-state index >= 15 is 0 Å². The van der Waals surface area contributed by atoms with E-state index in [2.05, 4.69) is 5.32 Å². The first-order chi connectivity index (χ1) is 7.40. The van der Waals surface area contributed by atoms with Crippen LogP contribution in [0.3, 0.4) is 0 Å². The fourth-order valence-electron chi connectivity index (χ4n) is 1.94. The second kappa shape index (κ2) is 3.61. The van der Waals surface area contributed by atoms with Gasteiger partial charge in [-0.2, -0.15) is 0 Å². The largest absolute Gasteiger partial charge is 0.399 e. The fourth-order valence-corrected chi connectivity index (χ4v) is 1.94. The Hall–Kier alpha value is -1.32. The topological polar surface area (TPSA) is 38.0 Å². The highest BCUT2D eigenvalue weighted by Gasteiger charge is 2.38. The van der Waals surface area contributed by atoms with E-state index in [1.807, 2.05) is 13.8 Å². The third-order valence-corrected chi connectivity index (χ3v) is 3.11. The molecule has 1 saturated carbocycles. The van der Waals surface area contributed by atoms with E-state index in [0.717, 1.165) is 25.0 Å². The zero-order chi connectivity index (χ0) is 11.9. The van der Waals surface area contributed by atoms with Crippen LogP contribution in [0.5, 0.6) is 0 Å². The van der Waals surface area contributed by atoms with Gasteiger partial charge in [0.25, 0.3) is 0 Å². The van der Waals surface area contributed by atoms with E-state index in [9.17, 15) is 8.78 Å². The lowest BCUT2D eigenvalue weighted by Crippen LogP contribution is -2.34. The van der Waals surface area contributed by atoms with Crippen LogP contribution in [0.4, 0.5) is 20.2 Å². The molecule has 2 nitrogen and oxygen atoms in total. The third-order valence-electron chi connectivity index (χ3n) is 3.11. The number of nitrogens with one attached hydrogen (secondary N) is 1. The molecular formula is C12H16F2N2. The fraction of sp³-hybridized carbons (Fsp3) is 0.500. The number of nitrogen functional groups attached to an aromatic ring is 1. The third kappa shape index (κ3) is 2.10. The average Bonchev–Trinajstić information content (AvgIpc) is 2.94. The van der Waals surface area contributed by atoms with E-state index in [-0.39, 0.29) is 16.9 Å². The van der Waals surface area contributed by atoms with Gasteiger partial charge < -0.3 is 11.1 Å². The molecule has 88 valence electrons. The number of hydrogen-bond donors (Lipinski definition) is 2. The number of halogens is 2. The Bertz CT molecular complexity index is 388. The summed E-state index contributed by atoms with van der Waals surface area (Å²) in [6, 6.07) is 2.27. The lowest BCUT2D eigenvalue weighted by molar-refractivity contribution is 0.481. The molecule has 0 saturated heterocycles. The van der Waals surface area contributed by atoms with E-state index in [0.29, 0.717) is 5.92 Å². The van der Waals surface area contributed by atoms with Crippen LogP contribution in [0, 0.1) is 17.6 Å². The van der Waals surface area contributed by atoms with Crippen molar-refractivity contribution in [2.45, 2.75) is 32.2 Å². The van der Waals surface area contributed by atoms with E-state index in [4.69, 9.17) is 5.73 Å². The van der Waals surface area contributed by atoms with Crippen molar-refractivity contribution in [2.24, 2.45) is 5.92 Å². The summed E-state index contributed by atoms with van der Waals surface area (Å²) in [5.74, 6) is -0.777. The lowest BCUT2D eigenvalue weighted by atomic mass is 9.98. The molecule has 2 rings (SSSR count). The first kappa shape index (κ1) is 11.2. The Labute approximate surface area is 93.8 Å². The SMILES string of the molecule is CC(C)(Nc1c(F)cc(N)cc1F)C1CC1. The molecule has 0 amide bonds. The molecule has 1 aromatic carbocycles. The van der Waals surface area contributed by atoms with Gasteiger partial charge in [0, 0.05) is 11.2 Å². The molecule has 1 aliphatic rings. The maximum Gasteiger partial charge on any atom is 0.151 e. The number of hydrogen-bond acceptors (Lipinski definition) is 2. The average molecular weight is 226 g/mol. The van der Waals surface area contributed by atoms with Crippen molar-refractivity contribution in [3.05, 3.63) is 23.8 Å². The van der Waals surface area contributed by atoms with Gasteiger partial charge in [0.1, 0.15) is 5.69 Å². The van der Waals surface area contributed by atoms with Gasteiger partial charge in [0.2, 0.25) is 0 Å². The van der Waals surface area contributed by atoms with Crippen LogP contribution in [0.25, 0.3) is 0 Å². The molecule has 0 aliphatic heterocycles. The molecule has 0 bridgehead atoms. The van der Waals surface area contributed by atoms with E-state index < -0.39 is 11.6 Å². The van der Waals surface area contributed by atoms with Gasteiger partial charge in [-0.3, -0.25) is 0 Å². The summed E-state index contributed by atoms with van der Waals surface area (Å²) in [7, 11) is 0. The summed E-state index contributed by atoms with van der Waals surface area (Å²) in [6.45, 7) is 3.92. The molecule has 0 atom stereocenters. The number of anilines is 2. The van der Waals surface area contributed by atoms with Crippen molar-refractivity contribution in [1.29, 1.82) is 0 Å². The van der Waals surface area contributed by atoms with Crippen LogP contribution in [0.15, 0.2) is 12.1 Å². The Kier molecular flexibility index (Phi) is 2.52. The monoisotopic (exact) mass is 226 g/mol. The van der Waals surface area contributed by atoms with Gasteiger partial charge in [-0.25, -0.2) is 8.78 Å². The summed E-state index contributed by atoms with van der Waals surface area (Å²) in [6.07, 6.45) is 2.22. The highest BCUT2D eigenvalue weighted by Crippen LogP contribution is 2.41. The van der Waals surface area contributed by atoms with Gasteiger partial charge in [-0.15, -0.1) is 0 Å². The standard InChI is InChI=1S/C12H16F2N2/c1-12(2,7-3-4-7)16-11-9(13)5-8(15)6-10(11)14/h5-7,16H,3-4,15H2,1-2H3. The highest BCUT2D eigenvalue weighted by atomic mass is 19.1. The molecule has 0 spiro atoms. The predicted octanol–water partition coefficient (Wildman–Crippen LogP) is 3.15. The minimum absolute atomic E-state index is 0.0777. The molecule has 1 aliphatic carbocycles. The minimum Gasteiger partial charge on any atom is -0.399 e. The molecule has 3 N–H and O–H groups in total. The van der Waals surface area contributed by atoms with Crippen molar-refractivity contribution in [3.63, 3.8) is 0 Å². The smallest absolute Gasteiger partial charge is 0.151 e. The molecule has 0 radical (unpaired) electrons. The molecule has 16 heavy (non-hydrogen) atoms. The Morgan fingerprint density at radius 2 is 1.75 bits per heavy atom. The molecular weight excluding hydrogens is 210 g/mol. The Morgan fingerprint density at radius 1 is 1.25 bits per heavy atom. The van der Waals surface area contributed by atoms with Gasteiger partial charge in [0.15, 0.2) is 11.6 Å². The van der Waals surface area contributed by atoms with Gasteiger partial charge >= 0.3 is 0 Å². The van der Waals surface area contributed by atoms with Crippen LogP contribution in [0.1, 0.15) is 26.7 Å². The molecule has 0 heterocycles. The molecule has 4 heteroatoms. The van der Waals surface area contributed by atoms with E-state index in [1.165, 1.54) is 0 Å². The van der Waals surface area contributed by atoms with Crippen LogP contribution < -0.4 is 11.1 Å². The number of benzene rings is 1. The second-order valence-electron chi connectivity index (χ2n) is 4.98. The Balaban J connectivity index is 2.27. The zero-order valence-corrected chi connectivity index (χ0v) is 9.48. The van der Waals surface area contributed by atoms with Crippen molar-refractivity contribution in [3.8, 4) is 0 Å². The number of rotatable bonds is 3. The lowest BCUT2D eigenvalue weighted by Gasteiger charge is -2.28. The predicted molar refractivity (Wildman–Crippen MR) is 61.2 cm³/mol. The summed E-state index contributed by atoms with van der Waals surface area (Å²) >= 11 is 0. The first-order valence-electron chi connectivity index (χ1n) is 5.43. The normalized spacial score (nSPS) is 16.2. The first-order valence-corrected chi connectivity index (χ1v) is 5.43. The van der Waals surface area contributed by atoms with Crippen LogP contribution in [-0.4, -0.2) is 5.54 Å². The minimum atomic E-state index is -0.633. The molecule has 1 fully saturated rings. The van der Waals surface area contributed by atoms with Gasteiger partial charge in [0.05, 0.1) is 0 Å². The van der Waals surface area contributed by atoms with Crippen molar-refractivity contribution in [1.82, 2.24) is 0 Å². The number of nitrogens with two attached hydrogens (primary N) is 1. The second-order valence-corrected chi connectivity index (χ2v) is 4.98. The molecule has 1 aromatic rings. The van der Waals surface area contributed by atoms with Gasteiger partial charge in [-0.05, 0) is 44.7 Å². The highest BCUT2D eigenvalue weighted by molar-refractivity contribution is 5.55. The molecule has 0 unspecified atom stereocenters. The maximum absolute atomic E-state index is 13.5. The summed E-state index contributed by atoms with van der Waals surface area (Å²) in [5, 5.41) is 2.94. The van der Waals surface area contributed by atoms with Crippen molar-refractivity contribution in [2.75, 3.05) is 11.1 Å². The van der Waals surface area contributed by atoms with Crippen LogP contribution in [0.2, 0.25) is 0 Å². The molecule has 0 aromatic heterocycles. The van der Waals surface area contributed by atoms with Gasteiger partial charge in [-0.1, -0.05) is 0 Å². The van der Waals surface area contributed by atoms with Crippen LogP contribution in [-0.2, 0) is 0 Å². The zero-order valence-electron chi connectivity index (χ0n) is 9.48. The van der Waals surface area contributed by atoms with Crippen molar-refractivity contribution >= 4 is 11.4 Å². The Morgan fingerprint density at radius 3 is 2.19 bits per heavy atom. The summed E-state index contributed by atoms with van der Waals surface area (Å²) in [4.78, 5) is 0. The summed E-state index contributed by atoms with van der Waals surface area (Å²) < 4.78 is 27.1.